The lowest BCUT2D eigenvalue weighted by Crippen LogP contribution is -1.95. The van der Waals surface area contributed by atoms with E-state index in [2.05, 4.69) is 15.3 Å². The third-order valence-electron chi connectivity index (χ3n) is 2.06. The van der Waals surface area contributed by atoms with Gasteiger partial charge in [0.15, 0.2) is 6.19 Å². The zero-order valence-corrected chi connectivity index (χ0v) is 8.48. The van der Waals surface area contributed by atoms with Gasteiger partial charge < -0.3 is 0 Å². The summed E-state index contributed by atoms with van der Waals surface area (Å²) in [6.45, 7) is 0. The van der Waals surface area contributed by atoms with Gasteiger partial charge in [0.05, 0.1) is 0 Å². The predicted molar refractivity (Wildman–Crippen MR) is 56.6 cm³/mol. The third-order valence-corrected chi connectivity index (χ3v) is 2.06. The maximum Gasteiger partial charge on any atom is 0.236 e. The van der Waals surface area contributed by atoms with Gasteiger partial charge in [-0.1, -0.05) is 0 Å². The lowest BCUT2D eigenvalue weighted by atomic mass is 10.1. The first-order chi connectivity index (χ1) is 8.20. The van der Waals surface area contributed by atoms with E-state index in [9.17, 15) is 8.78 Å². The van der Waals surface area contributed by atoms with Gasteiger partial charge in [-0.15, -0.1) is 0 Å². The molecule has 0 saturated carbocycles. The van der Waals surface area contributed by atoms with Crippen LogP contribution in [0.5, 0.6) is 0 Å². The Balaban J connectivity index is 2.37. The molecule has 0 aliphatic rings. The number of nitriles is 1. The van der Waals surface area contributed by atoms with Crippen LogP contribution in [0.4, 0.5) is 14.7 Å². The normalized spacial score (nSPS) is 9.71. The number of nitrogens with one attached hydrogen (secondary N) is 1. The Morgan fingerprint density at radius 1 is 1.18 bits per heavy atom. The van der Waals surface area contributed by atoms with Crippen LogP contribution >= 0.6 is 0 Å². The van der Waals surface area contributed by atoms with E-state index in [1.165, 1.54) is 18.5 Å². The summed E-state index contributed by atoms with van der Waals surface area (Å²) in [7, 11) is 0. The highest BCUT2D eigenvalue weighted by Crippen LogP contribution is 2.22. The van der Waals surface area contributed by atoms with Gasteiger partial charge in [0.25, 0.3) is 0 Å². The van der Waals surface area contributed by atoms with Crippen LogP contribution in [-0.2, 0) is 0 Å². The average Bonchev–Trinajstić information content (AvgIpc) is 2.31. The summed E-state index contributed by atoms with van der Waals surface area (Å²) >= 11 is 0. The Kier molecular flexibility index (Phi) is 2.92. The summed E-state index contributed by atoms with van der Waals surface area (Å²) in [5.41, 5.74) is 0.612. The highest BCUT2D eigenvalue weighted by atomic mass is 19.1. The molecule has 84 valence electrons. The molecule has 1 aromatic carbocycles. The standard InChI is InChI=1S/C11H6F2N4/c12-8-1-2-9(10(13)3-8)7-4-15-11(16-5-7)17-6-14/h1-5H,(H,15,16,17). The molecule has 0 amide bonds. The second-order valence-electron chi connectivity index (χ2n) is 3.16. The first-order valence-electron chi connectivity index (χ1n) is 4.63. The predicted octanol–water partition coefficient (Wildman–Crippen LogP) is 2.31. The molecular weight excluding hydrogens is 226 g/mol. The molecule has 0 fully saturated rings. The fourth-order valence-electron chi connectivity index (χ4n) is 1.31. The molecule has 1 heterocycles. The number of rotatable bonds is 2. The van der Waals surface area contributed by atoms with Crippen LogP contribution in [0.15, 0.2) is 30.6 Å². The zero-order valence-electron chi connectivity index (χ0n) is 8.48. The molecule has 0 aliphatic heterocycles. The molecule has 0 aliphatic carbocycles. The zero-order chi connectivity index (χ0) is 12.3. The van der Waals surface area contributed by atoms with Crippen molar-refractivity contribution < 1.29 is 8.78 Å². The van der Waals surface area contributed by atoms with Gasteiger partial charge in [-0.3, -0.25) is 5.32 Å². The van der Waals surface area contributed by atoms with Crippen molar-refractivity contribution in [1.82, 2.24) is 9.97 Å². The van der Waals surface area contributed by atoms with E-state index in [0.717, 1.165) is 12.1 Å². The van der Waals surface area contributed by atoms with Crippen molar-refractivity contribution in [2.45, 2.75) is 0 Å². The minimum Gasteiger partial charge on any atom is -0.261 e. The Morgan fingerprint density at radius 3 is 2.47 bits per heavy atom. The van der Waals surface area contributed by atoms with E-state index < -0.39 is 11.6 Å². The summed E-state index contributed by atoms with van der Waals surface area (Å²) < 4.78 is 26.1. The topological polar surface area (TPSA) is 61.6 Å². The maximum absolute atomic E-state index is 13.4. The van der Waals surface area contributed by atoms with Crippen LogP contribution in [0, 0.1) is 23.1 Å². The highest BCUT2D eigenvalue weighted by molar-refractivity contribution is 5.62. The van der Waals surface area contributed by atoms with E-state index in [-0.39, 0.29) is 11.5 Å². The number of anilines is 1. The minimum absolute atomic E-state index is 0.124. The van der Waals surface area contributed by atoms with Gasteiger partial charge in [-0.25, -0.2) is 18.7 Å². The second-order valence-corrected chi connectivity index (χ2v) is 3.16. The number of halogens is 2. The van der Waals surface area contributed by atoms with Crippen molar-refractivity contribution in [3.63, 3.8) is 0 Å². The summed E-state index contributed by atoms with van der Waals surface area (Å²) in [4.78, 5) is 7.61. The Hall–Kier alpha value is -2.55. The van der Waals surface area contributed by atoms with Gasteiger partial charge >= 0.3 is 0 Å². The lowest BCUT2D eigenvalue weighted by molar-refractivity contribution is 0.585. The largest absolute Gasteiger partial charge is 0.261 e. The van der Waals surface area contributed by atoms with E-state index in [1.54, 1.807) is 6.19 Å². The average molecular weight is 232 g/mol. The van der Waals surface area contributed by atoms with E-state index in [0.29, 0.717) is 5.56 Å². The van der Waals surface area contributed by atoms with Crippen LogP contribution in [0.25, 0.3) is 11.1 Å². The van der Waals surface area contributed by atoms with E-state index >= 15 is 0 Å². The van der Waals surface area contributed by atoms with Gasteiger partial charge in [0.1, 0.15) is 11.6 Å². The molecule has 0 spiro atoms. The number of aromatic nitrogens is 2. The molecule has 1 aromatic heterocycles. The smallest absolute Gasteiger partial charge is 0.236 e. The molecule has 6 heteroatoms. The van der Waals surface area contributed by atoms with Crippen LogP contribution in [-0.4, -0.2) is 9.97 Å². The summed E-state index contributed by atoms with van der Waals surface area (Å²) in [5.74, 6) is -1.21. The molecule has 0 bridgehead atoms. The van der Waals surface area contributed by atoms with E-state index in [1.807, 2.05) is 0 Å². The number of hydrogen-bond donors (Lipinski definition) is 1. The number of nitrogens with zero attached hydrogens (tertiary/aromatic N) is 3. The van der Waals surface area contributed by atoms with E-state index in [4.69, 9.17) is 5.26 Å². The van der Waals surface area contributed by atoms with Crippen molar-refractivity contribution in [2.75, 3.05) is 5.32 Å². The van der Waals surface area contributed by atoms with Gasteiger partial charge in [-0.05, 0) is 12.1 Å². The molecule has 2 aromatic rings. The molecule has 4 nitrogen and oxygen atoms in total. The summed E-state index contributed by atoms with van der Waals surface area (Å²) in [5, 5.41) is 10.6. The minimum atomic E-state index is -0.686. The third kappa shape index (κ3) is 2.34. The van der Waals surface area contributed by atoms with Crippen molar-refractivity contribution >= 4 is 5.95 Å². The van der Waals surface area contributed by atoms with Crippen molar-refractivity contribution in [2.24, 2.45) is 0 Å². The second kappa shape index (κ2) is 4.53. The lowest BCUT2D eigenvalue weighted by Gasteiger charge is -2.03. The fraction of sp³-hybridized carbons (Fsp3) is 0. The monoisotopic (exact) mass is 232 g/mol. The summed E-state index contributed by atoms with van der Waals surface area (Å²) in [6, 6.07) is 3.25. The first kappa shape index (κ1) is 11.0. The van der Waals surface area contributed by atoms with Gasteiger partial charge in [0.2, 0.25) is 5.95 Å². The van der Waals surface area contributed by atoms with Crippen LogP contribution in [0.1, 0.15) is 0 Å². The maximum atomic E-state index is 13.4. The molecule has 0 radical (unpaired) electrons. The first-order valence-corrected chi connectivity index (χ1v) is 4.63. The van der Waals surface area contributed by atoms with Crippen LogP contribution < -0.4 is 5.32 Å². The Morgan fingerprint density at radius 2 is 1.88 bits per heavy atom. The number of hydrogen-bond acceptors (Lipinski definition) is 4. The van der Waals surface area contributed by atoms with Crippen molar-refractivity contribution in [1.29, 1.82) is 5.26 Å². The molecule has 0 unspecified atom stereocenters. The van der Waals surface area contributed by atoms with Crippen molar-refractivity contribution in [3.05, 3.63) is 42.2 Å². The number of benzene rings is 1. The Labute approximate surface area is 95.6 Å². The molecule has 17 heavy (non-hydrogen) atoms. The van der Waals surface area contributed by atoms with Gasteiger partial charge in [-0.2, -0.15) is 5.26 Å². The molecule has 1 N–H and O–H groups in total. The molecule has 2 rings (SSSR count). The quantitative estimate of drug-likeness (QED) is 0.637. The molecule has 0 saturated heterocycles. The van der Waals surface area contributed by atoms with Gasteiger partial charge in [0, 0.05) is 29.6 Å². The van der Waals surface area contributed by atoms with Crippen LogP contribution in [0.2, 0.25) is 0 Å². The molecular formula is C11H6F2N4. The van der Waals surface area contributed by atoms with Crippen molar-refractivity contribution in [3.8, 4) is 17.3 Å². The highest BCUT2D eigenvalue weighted by Gasteiger charge is 2.07. The fourth-order valence-corrected chi connectivity index (χ4v) is 1.31. The molecule has 0 atom stereocenters. The summed E-state index contributed by atoms with van der Waals surface area (Å²) in [6.07, 6.45) is 4.36. The van der Waals surface area contributed by atoms with Crippen LogP contribution in [0.3, 0.4) is 0 Å². The SMILES string of the molecule is N#CNc1ncc(-c2ccc(F)cc2F)cn1. The Bertz CT molecular complexity index is 575.